The normalized spacial score (nSPS) is 13.6. The molecule has 0 bridgehead atoms. The van der Waals surface area contributed by atoms with Crippen LogP contribution in [0.2, 0.25) is 0 Å². The van der Waals surface area contributed by atoms with E-state index in [9.17, 15) is 31.1 Å². The molecule has 0 unspecified atom stereocenters. The molecule has 1 nitrogen and oxygen atoms in total. The van der Waals surface area contributed by atoms with Crippen LogP contribution in [0, 0.1) is 5.92 Å². The van der Waals surface area contributed by atoms with Crippen molar-refractivity contribution in [1.29, 1.82) is 0 Å². The van der Waals surface area contributed by atoms with Crippen LogP contribution in [0.3, 0.4) is 0 Å². The molecule has 0 N–H and O–H groups in total. The van der Waals surface area contributed by atoms with E-state index < -0.39 is 24.7 Å². The summed E-state index contributed by atoms with van der Waals surface area (Å²) in [5.74, 6) is -3.59. The van der Waals surface area contributed by atoms with Gasteiger partial charge in [0.25, 0.3) is 0 Å². The summed E-state index contributed by atoms with van der Waals surface area (Å²) in [5, 5.41) is 0. The molecular formula is C5H3F6O. The van der Waals surface area contributed by atoms with Gasteiger partial charge >= 0.3 is 12.4 Å². The van der Waals surface area contributed by atoms with Crippen molar-refractivity contribution in [3.05, 3.63) is 0 Å². The molecule has 12 heavy (non-hydrogen) atoms. The lowest BCUT2D eigenvalue weighted by atomic mass is 10.1. The Labute approximate surface area is 63.4 Å². The zero-order valence-electron chi connectivity index (χ0n) is 5.46. The number of halogens is 6. The van der Waals surface area contributed by atoms with Crippen LogP contribution in [0.25, 0.3) is 0 Å². The van der Waals surface area contributed by atoms with E-state index in [-0.39, 0.29) is 0 Å². The summed E-state index contributed by atoms with van der Waals surface area (Å²) in [6.07, 6.45) is -12.0. The first-order chi connectivity index (χ1) is 5.19. The summed E-state index contributed by atoms with van der Waals surface area (Å²) < 4.78 is 69.0. The zero-order valence-corrected chi connectivity index (χ0v) is 5.46. The maximum absolute atomic E-state index is 11.5. The SMILES string of the molecule is O=[C]CC(C(F)(F)F)C(F)(F)F. The van der Waals surface area contributed by atoms with Gasteiger partial charge in [-0.3, -0.25) is 4.79 Å². The Morgan fingerprint density at radius 3 is 1.42 bits per heavy atom. The quantitative estimate of drug-likeness (QED) is 0.614. The summed E-state index contributed by atoms with van der Waals surface area (Å²) in [6.45, 7) is 0. The molecule has 0 aromatic heterocycles. The number of alkyl halides is 6. The summed E-state index contributed by atoms with van der Waals surface area (Å²) in [7, 11) is 0. The topological polar surface area (TPSA) is 17.1 Å². The molecule has 0 heterocycles. The Bertz CT molecular complexity index is 142. The number of hydrogen-bond donors (Lipinski definition) is 0. The van der Waals surface area contributed by atoms with Crippen molar-refractivity contribution in [2.45, 2.75) is 18.8 Å². The largest absolute Gasteiger partial charge is 0.400 e. The van der Waals surface area contributed by atoms with Crippen LogP contribution in [-0.4, -0.2) is 18.6 Å². The summed E-state index contributed by atoms with van der Waals surface area (Å²) in [4.78, 5) is 9.38. The van der Waals surface area contributed by atoms with Crippen molar-refractivity contribution in [3.8, 4) is 0 Å². The molecule has 0 aromatic carbocycles. The number of rotatable bonds is 2. The molecule has 0 saturated carbocycles. The maximum atomic E-state index is 11.5. The van der Waals surface area contributed by atoms with Crippen molar-refractivity contribution in [1.82, 2.24) is 0 Å². The average Bonchev–Trinajstić information content (AvgIpc) is 1.77. The van der Waals surface area contributed by atoms with Gasteiger partial charge in [-0.2, -0.15) is 26.3 Å². The van der Waals surface area contributed by atoms with Crippen molar-refractivity contribution in [3.63, 3.8) is 0 Å². The molecule has 0 aromatic rings. The molecule has 0 saturated heterocycles. The smallest absolute Gasteiger partial charge is 0.291 e. The molecular weight excluding hydrogens is 190 g/mol. The molecule has 0 rings (SSSR count). The maximum Gasteiger partial charge on any atom is 0.400 e. The van der Waals surface area contributed by atoms with E-state index in [1.54, 1.807) is 0 Å². The van der Waals surface area contributed by atoms with Gasteiger partial charge in [-0.1, -0.05) is 0 Å². The lowest BCUT2D eigenvalue weighted by Crippen LogP contribution is -2.36. The standard InChI is InChI=1S/C5H3F6O/c6-4(7,8)3(1-2-12)5(9,10)11/h3H,1H2. The van der Waals surface area contributed by atoms with E-state index in [2.05, 4.69) is 0 Å². The molecule has 0 spiro atoms. The van der Waals surface area contributed by atoms with Gasteiger partial charge < -0.3 is 0 Å². The van der Waals surface area contributed by atoms with Crippen LogP contribution < -0.4 is 0 Å². The Balaban J connectivity index is 4.56. The summed E-state index contributed by atoms with van der Waals surface area (Å²) >= 11 is 0. The lowest BCUT2D eigenvalue weighted by molar-refractivity contribution is -0.281. The van der Waals surface area contributed by atoms with Crippen LogP contribution in [0.5, 0.6) is 0 Å². The lowest BCUT2D eigenvalue weighted by Gasteiger charge is -2.20. The Hall–Kier alpha value is -0.750. The molecule has 0 fully saturated rings. The minimum absolute atomic E-state index is 0.591. The van der Waals surface area contributed by atoms with Gasteiger partial charge in [0, 0.05) is 6.42 Å². The highest BCUT2D eigenvalue weighted by atomic mass is 19.4. The van der Waals surface area contributed by atoms with Gasteiger partial charge in [0.1, 0.15) is 0 Å². The van der Waals surface area contributed by atoms with Crippen molar-refractivity contribution >= 4 is 6.29 Å². The van der Waals surface area contributed by atoms with Crippen LogP contribution in [0.4, 0.5) is 26.3 Å². The van der Waals surface area contributed by atoms with Crippen molar-refractivity contribution in [2.24, 2.45) is 5.92 Å². The predicted molar refractivity (Wildman–Crippen MR) is 25.9 cm³/mol. The van der Waals surface area contributed by atoms with Gasteiger partial charge in [0.2, 0.25) is 0 Å². The van der Waals surface area contributed by atoms with E-state index in [1.165, 1.54) is 0 Å². The third-order valence-corrected chi connectivity index (χ3v) is 1.08. The highest BCUT2D eigenvalue weighted by molar-refractivity contribution is 5.51. The molecule has 1 radical (unpaired) electrons. The third kappa shape index (κ3) is 3.10. The van der Waals surface area contributed by atoms with E-state index in [0.717, 1.165) is 0 Å². The van der Waals surface area contributed by atoms with Crippen molar-refractivity contribution in [2.75, 3.05) is 0 Å². The van der Waals surface area contributed by atoms with E-state index >= 15 is 0 Å². The Morgan fingerprint density at radius 2 is 1.33 bits per heavy atom. The van der Waals surface area contributed by atoms with Gasteiger partial charge in [0.15, 0.2) is 12.2 Å². The van der Waals surface area contributed by atoms with Crippen LogP contribution in [0.1, 0.15) is 6.42 Å². The Morgan fingerprint density at radius 1 is 1.00 bits per heavy atom. The predicted octanol–water partition coefficient (Wildman–Crippen LogP) is 2.23. The fourth-order valence-corrected chi connectivity index (χ4v) is 0.500. The highest BCUT2D eigenvalue weighted by Gasteiger charge is 2.56. The highest BCUT2D eigenvalue weighted by Crippen LogP contribution is 2.40. The fraction of sp³-hybridized carbons (Fsp3) is 0.800. The second-order valence-electron chi connectivity index (χ2n) is 1.98. The van der Waals surface area contributed by atoms with Crippen LogP contribution in [-0.2, 0) is 4.79 Å². The molecule has 0 amide bonds. The van der Waals surface area contributed by atoms with Crippen molar-refractivity contribution < 1.29 is 31.1 Å². The minimum Gasteiger partial charge on any atom is -0.291 e. The second kappa shape index (κ2) is 3.32. The first-order valence-corrected chi connectivity index (χ1v) is 2.68. The van der Waals surface area contributed by atoms with E-state index in [4.69, 9.17) is 0 Å². The van der Waals surface area contributed by atoms with E-state index in [0.29, 0.717) is 6.29 Å². The zero-order chi connectivity index (χ0) is 9.99. The Kier molecular flexibility index (Phi) is 3.11. The third-order valence-electron chi connectivity index (χ3n) is 1.08. The molecule has 0 aliphatic carbocycles. The van der Waals surface area contributed by atoms with Gasteiger partial charge in [-0.05, 0) is 0 Å². The molecule has 71 valence electrons. The monoisotopic (exact) mass is 193 g/mol. The van der Waals surface area contributed by atoms with Gasteiger partial charge in [-0.15, -0.1) is 0 Å². The van der Waals surface area contributed by atoms with Crippen LogP contribution in [0.15, 0.2) is 0 Å². The van der Waals surface area contributed by atoms with Gasteiger partial charge in [0.05, 0.1) is 0 Å². The summed E-state index contributed by atoms with van der Waals surface area (Å²) in [5.41, 5.74) is 0. The first kappa shape index (κ1) is 11.2. The molecule has 0 aliphatic rings. The molecule has 0 atom stereocenters. The molecule has 0 aliphatic heterocycles. The summed E-state index contributed by atoms with van der Waals surface area (Å²) in [6, 6.07) is 0. The van der Waals surface area contributed by atoms with E-state index in [1.807, 2.05) is 0 Å². The fourth-order valence-electron chi connectivity index (χ4n) is 0.500. The number of carbonyl (C=O) groups excluding carboxylic acids is 1. The number of hydrogen-bond acceptors (Lipinski definition) is 1. The second-order valence-corrected chi connectivity index (χ2v) is 1.98. The van der Waals surface area contributed by atoms with Crippen LogP contribution >= 0.6 is 0 Å². The van der Waals surface area contributed by atoms with Gasteiger partial charge in [-0.25, -0.2) is 0 Å². The molecule has 7 heteroatoms. The average molecular weight is 193 g/mol. The minimum atomic E-state index is -5.43. The first-order valence-electron chi connectivity index (χ1n) is 2.68.